The highest BCUT2D eigenvalue weighted by atomic mass is 32.1. The number of thiophene rings is 1. The number of hydrogen-bond donors (Lipinski definition) is 2. The number of nitrogens with zero attached hydrogens (tertiary/aromatic N) is 1. The van der Waals surface area contributed by atoms with Crippen LogP contribution in [0.1, 0.15) is 40.2 Å². The first kappa shape index (κ1) is 18.9. The number of hydrogen-bond acceptors (Lipinski definition) is 8. The van der Waals surface area contributed by atoms with Gasteiger partial charge in [-0.15, -0.1) is 11.3 Å². The van der Waals surface area contributed by atoms with Gasteiger partial charge in [-0.2, -0.15) is 0 Å². The second-order valence-electron chi connectivity index (χ2n) is 4.90. The number of esters is 2. The summed E-state index contributed by atoms with van der Waals surface area (Å²) in [4.78, 5) is 19.6. The lowest BCUT2D eigenvalue weighted by atomic mass is 10.2. The molecule has 1 aromatic rings. The molecule has 7 nitrogen and oxygen atoms in total. The van der Waals surface area contributed by atoms with Crippen molar-refractivity contribution in [2.75, 3.05) is 5.73 Å². The molecule has 0 aromatic carbocycles. The maximum Gasteiger partial charge on any atom is 0.310 e. The van der Waals surface area contributed by atoms with Gasteiger partial charge in [0.05, 0.1) is 10.6 Å². The van der Waals surface area contributed by atoms with Gasteiger partial charge in [0.15, 0.2) is 0 Å². The largest absolute Gasteiger partial charge is 0.469 e. The van der Waals surface area contributed by atoms with Gasteiger partial charge in [0, 0.05) is 13.8 Å². The lowest BCUT2D eigenvalue weighted by molar-refractivity contribution is -0.156. The molecule has 0 saturated carbocycles. The Morgan fingerprint density at radius 2 is 1.81 bits per heavy atom. The van der Waals surface area contributed by atoms with E-state index in [1.54, 1.807) is 6.07 Å². The van der Waals surface area contributed by atoms with Gasteiger partial charge in [-0.25, -0.2) is 0 Å². The fraction of sp³-hybridized carbons (Fsp3) is 0.462. The number of ether oxygens (including phenoxy) is 2. The standard InChI is InChI=1S/C9H14N2O2S.C4H6O3/c1-9(2,3)13-8(11-12)6-4-5-14-7(6)10;1-3(5)7-4(2)6/h4-5,12H,10H2,1-3H3;1-2H3. The third kappa shape index (κ3) is 8.64. The molecule has 3 N–H and O–H groups in total. The molecule has 0 unspecified atom stereocenters. The summed E-state index contributed by atoms with van der Waals surface area (Å²) < 4.78 is 9.41. The molecule has 0 bridgehead atoms. The van der Waals surface area contributed by atoms with Crippen LogP contribution in [0.4, 0.5) is 5.00 Å². The number of anilines is 1. The van der Waals surface area contributed by atoms with Crippen molar-refractivity contribution in [3.63, 3.8) is 0 Å². The van der Waals surface area contributed by atoms with E-state index in [0.717, 1.165) is 0 Å². The average Bonchev–Trinajstić information content (AvgIpc) is 2.70. The molecule has 0 amide bonds. The highest BCUT2D eigenvalue weighted by molar-refractivity contribution is 7.14. The maximum atomic E-state index is 9.81. The van der Waals surface area contributed by atoms with Crippen molar-refractivity contribution >= 4 is 34.2 Å². The molecule has 0 aliphatic rings. The molecule has 1 rings (SSSR count). The lowest BCUT2D eigenvalue weighted by Crippen LogP contribution is -2.24. The third-order valence-electron chi connectivity index (χ3n) is 1.71. The van der Waals surface area contributed by atoms with Gasteiger partial charge < -0.3 is 20.4 Å². The number of carbonyl (C=O) groups is 2. The predicted molar refractivity (Wildman–Crippen MR) is 80.3 cm³/mol. The maximum absolute atomic E-state index is 9.81. The topological polar surface area (TPSA) is 111 Å². The summed E-state index contributed by atoms with van der Waals surface area (Å²) in [7, 11) is 0. The van der Waals surface area contributed by atoms with Crippen molar-refractivity contribution in [2.45, 2.75) is 40.2 Å². The zero-order valence-electron chi connectivity index (χ0n) is 12.7. The summed E-state index contributed by atoms with van der Waals surface area (Å²) in [5.41, 5.74) is 5.91. The second-order valence-corrected chi connectivity index (χ2v) is 5.85. The number of oxime groups is 1. The van der Waals surface area contributed by atoms with E-state index in [0.29, 0.717) is 10.6 Å². The van der Waals surface area contributed by atoms with Crippen LogP contribution in [-0.4, -0.2) is 28.6 Å². The minimum absolute atomic E-state index is 0.163. The quantitative estimate of drug-likeness (QED) is 0.205. The van der Waals surface area contributed by atoms with Crippen LogP contribution in [0.2, 0.25) is 0 Å². The van der Waals surface area contributed by atoms with Gasteiger partial charge in [0.1, 0.15) is 5.60 Å². The van der Waals surface area contributed by atoms with E-state index in [9.17, 15) is 9.59 Å². The first-order valence-electron chi connectivity index (χ1n) is 6.00. The van der Waals surface area contributed by atoms with Crippen LogP contribution in [0.25, 0.3) is 0 Å². The molecule has 0 atom stereocenters. The Kier molecular flexibility index (Phi) is 7.43. The van der Waals surface area contributed by atoms with Crippen molar-refractivity contribution in [1.29, 1.82) is 0 Å². The second kappa shape index (κ2) is 8.25. The van der Waals surface area contributed by atoms with Crippen molar-refractivity contribution in [3.8, 4) is 0 Å². The van der Waals surface area contributed by atoms with Crippen molar-refractivity contribution in [1.82, 2.24) is 0 Å². The fourth-order valence-electron chi connectivity index (χ4n) is 1.12. The van der Waals surface area contributed by atoms with Gasteiger partial charge in [0.25, 0.3) is 5.90 Å². The van der Waals surface area contributed by atoms with E-state index in [1.807, 2.05) is 26.2 Å². The Morgan fingerprint density at radius 3 is 2.05 bits per heavy atom. The van der Waals surface area contributed by atoms with Crippen LogP contribution in [0.3, 0.4) is 0 Å². The van der Waals surface area contributed by atoms with Gasteiger partial charge in [-0.05, 0) is 37.4 Å². The molecular formula is C13H20N2O5S. The minimum atomic E-state index is -0.562. The highest BCUT2D eigenvalue weighted by Gasteiger charge is 2.19. The summed E-state index contributed by atoms with van der Waals surface area (Å²) >= 11 is 1.38. The number of rotatable bonds is 1. The molecule has 0 spiro atoms. The van der Waals surface area contributed by atoms with Gasteiger partial charge in [-0.3, -0.25) is 9.59 Å². The van der Waals surface area contributed by atoms with Crippen molar-refractivity contribution < 1.29 is 24.3 Å². The Labute approximate surface area is 127 Å². The lowest BCUT2D eigenvalue weighted by Gasteiger charge is -2.21. The molecule has 1 heterocycles. The van der Waals surface area contributed by atoms with Crippen LogP contribution in [-0.2, 0) is 19.1 Å². The fourth-order valence-corrected chi connectivity index (χ4v) is 1.75. The minimum Gasteiger partial charge on any atom is -0.469 e. The molecule has 118 valence electrons. The van der Waals surface area contributed by atoms with Crippen LogP contribution in [0.5, 0.6) is 0 Å². The highest BCUT2D eigenvalue weighted by Crippen LogP contribution is 2.22. The molecule has 0 radical (unpaired) electrons. The van der Waals surface area contributed by atoms with E-state index in [-0.39, 0.29) is 5.90 Å². The van der Waals surface area contributed by atoms with E-state index < -0.39 is 17.5 Å². The number of nitrogen functional groups attached to an aromatic ring is 1. The summed E-state index contributed by atoms with van der Waals surface area (Å²) in [5, 5.41) is 14.3. The first-order chi connectivity index (χ1) is 9.56. The monoisotopic (exact) mass is 316 g/mol. The van der Waals surface area contributed by atoms with E-state index in [2.05, 4.69) is 9.89 Å². The van der Waals surface area contributed by atoms with E-state index in [4.69, 9.17) is 15.7 Å². The Morgan fingerprint density at radius 1 is 1.29 bits per heavy atom. The van der Waals surface area contributed by atoms with Gasteiger partial charge in [0.2, 0.25) is 0 Å². The molecule has 0 saturated heterocycles. The van der Waals surface area contributed by atoms with Gasteiger partial charge in [-0.1, -0.05) is 0 Å². The van der Waals surface area contributed by atoms with Crippen LogP contribution in [0.15, 0.2) is 16.6 Å². The molecule has 1 aromatic heterocycles. The first-order valence-corrected chi connectivity index (χ1v) is 6.88. The Hall–Kier alpha value is -2.09. The van der Waals surface area contributed by atoms with Crippen LogP contribution < -0.4 is 5.73 Å². The van der Waals surface area contributed by atoms with Gasteiger partial charge >= 0.3 is 11.9 Å². The van der Waals surface area contributed by atoms with Crippen molar-refractivity contribution in [3.05, 3.63) is 17.0 Å². The molecule has 0 aliphatic carbocycles. The van der Waals surface area contributed by atoms with Crippen LogP contribution >= 0.6 is 11.3 Å². The summed E-state index contributed by atoms with van der Waals surface area (Å²) in [6.07, 6.45) is 0. The Balaban J connectivity index is 0.000000486. The summed E-state index contributed by atoms with van der Waals surface area (Å²) in [6, 6.07) is 1.76. The molecule has 0 fully saturated rings. The van der Waals surface area contributed by atoms with E-state index >= 15 is 0 Å². The average molecular weight is 316 g/mol. The number of nitrogens with two attached hydrogens (primary N) is 1. The SMILES string of the molecule is CC(=O)OC(C)=O.CC(C)(C)OC(=NO)c1ccsc1N. The summed E-state index contributed by atoms with van der Waals surface area (Å²) in [6.45, 7) is 7.99. The summed E-state index contributed by atoms with van der Waals surface area (Å²) in [5.74, 6) is -0.962. The number of carbonyl (C=O) groups excluding carboxylic acids is 2. The molecular weight excluding hydrogens is 296 g/mol. The third-order valence-corrected chi connectivity index (χ3v) is 2.45. The zero-order valence-corrected chi connectivity index (χ0v) is 13.5. The Bertz CT molecular complexity index is 505. The van der Waals surface area contributed by atoms with Crippen LogP contribution in [0, 0.1) is 0 Å². The van der Waals surface area contributed by atoms with Crippen molar-refractivity contribution in [2.24, 2.45) is 5.16 Å². The predicted octanol–water partition coefficient (Wildman–Crippen LogP) is 2.38. The molecule has 0 aliphatic heterocycles. The van der Waals surface area contributed by atoms with E-state index in [1.165, 1.54) is 25.2 Å². The zero-order chi connectivity index (χ0) is 16.6. The smallest absolute Gasteiger partial charge is 0.310 e. The molecule has 21 heavy (non-hydrogen) atoms. The normalized spacial score (nSPS) is 11.2. The molecule has 8 heteroatoms.